The summed E-state index contributed by atoms with van der Waals surface area (Å²) in [4.78, 5) is 4.58. The first-order valence-corrected chi connectivity index (χ1v) is 8.54. The smallest absolute Gasteiger partial charge is 0.162 e. The average Bonchev–Trinajstić information content (AvgIpc) is 2.92. The number of ether oxygens (including phenoxy) is 2. The van der Waals surface area contributed by atoms with Gasteiger partial charge >= 0.3 is 0 Å². The maximum Gasteiger partial charge on any atom is 0.162 e. The third kappa shape index (κ3) is 3.75. The summed E-state index contributed by atoms with van der Waals surface area (Å²) in [5.74, 6) is 1.46. The lowest BCUT2D eigenvalue weighted by Crippen LogP contribution is -2.04. The van der Waals surface area contributed by atoms with Gasteiger partial charge in [0.05, 0.1) is 24.9 Å². The number of hydrogen-bond acceptors (Lipinski definition) is 5. The fourth-order valence-corrected chi connectivity index (χ4v) is 3.19. The quantitative estimate of drug-likeness (QED) is 0.818. The van der Waals surface area contributed by atoms with Crippen molar-refractivity contribution in [1.82, 2.24) is 4.98 Å². The lowest BCUT2D eigenvalue weighted by Gasteiger charge is -2.13. The molecule has 6 heteroatoms. The minimum absolute atomic E-state index is 0.0587. The molecule has 0 amide bonds. The van der Waals surface area contributed by atoms with Crippen LogP contribution >= 0.6 is 27.3 Å². The van der Waals surface area contributed by atoms with Crippen molar-refractivity contribution < 1.29 is 9.47 Å². The van der Waals surface area contributed by atoms with Crippen LogP contribution in [0, 0.1) is 0 Å². The van der Waals surface area contributed by atoms with Crippen LogP contribution < -0.4 is 15.2 Å². The molecule has 2 aromatic rings. The van der Waals surface area contributed by atoms with Crippen molar-refractivity contribution in [3.63, 3.8) is 0 Å². The molecule has 0 saturated heterocycles. The van der Waals surface area contributed by atoms with Crippen LogP contribution in [0.3, 0.4) is 0 Å². The number of nitrogens with zero attached hydrogens (tertiary/aromatic N) is 1. The van der Waals surface area contributed by atoms with Crippen molar-refractivity contribution >= 4 is 27.3 Å². The monoisotopic (exact) mass is 370 g/mol. The lowest BCUT2D eigenvalue weighted by atomic mass is 10.1. The molecule has 1 atom stereocenters. The van der Waals surface area contributed by atoms with Crippen molar-refractivity contribution in [1.29, 1.82) is 0 Å². The van der Waals surface area contributed by atoms with E-state index in [0.29, 0.717) is 13.2 Å². The normalized spacial score (nSPS) is 12.2. The van der Waals surface area contributed by atoms with Gasteiger partial charge in [-0.15, -0.1) is 11.3 Å². The summed E-state index contributed by atoms with van der Waals surface area (Å²) >= 11 is 5.15. The molecule has 1 heterocycles. The third-order valence-electron chi connectivity index (χ3n) is 2.82. The van der Waals surface area contributed by atoms with Gasteiger partial charge in [0.25, 0.3) is 0 Å². The van der Waals surface area contributed by atoms with Crippen molar-refractivity contribution in [2.75, 3.05) is 13.2 Å². The number of halogens is 1. The SMILES string of the molecule is CCOc1cc(Br)c(-c2csc(C(C)N)n2)cc1OCC. The molecule has 2 rings (SSSR count). The summed E-state index contributed by atoms with van der Waals surface area (Å²) in [5.41, 5.74) is 7.74. The van der Waals surface area contributed by atoms with E-state index in [2.05, 4.69) is 20.9 Å². The second-order valence-corrected chi connectivity index (χ2v) is 6.25. The van der Waals surface area contributed by atoms with Crippen molar-refractivity contribution in [3.05, 3.63) is 27.0 Å². The minimum atomic E-state index is -0.0587. The molecule has 2 N–H and O–H groups in total. The Labute approximate surface area is 137 Å². The van der Waals surface area contributed by atoms with Gasteiger partial charge in [-0.05, 0) is 48.8 Å². The van der Waals surface area contributed by atoms with Gasteiger partial charge in [-0.1, -0.05) is 0 Å². The molecule has 0 spiro atoms. The molecule has 0 aliphatic heterocycles. The Morgan fingerprint density at radius 2 is 1.86 bits per heavy atom. The summed E-state index contributed by atoms with van der Waals surface area (Å²) in [6, 6.07) is 3.82. The number of thiazole rings is 1. The standard InChI is InChI=1S/C15H19BrN2O2S/c1-4-19-13-6-10(11(16)7-14(13)20-5-2)12-8-21-15(18-12)9(3)17/h6-9H,4-5,17H2,1-3H3. The number of nitrogens with two attached hydrogens (primary N) is 1. The van der Waals surface area contributed by atoms with E-state index in [1.165, 1.54) is 0 Å². The van der Waals surface area contributed by atoms with Gasteiger partial charge in [-0.2, -0.15) is 0 Å². The molecule has 114 valence electrons. The van der Waals surface area contributed by atoms with Crippen LogP contribution in [0.25, 0.3) is 11.3 Å². The number of hydrogen-bond donors (Lipinski definition) is 1. The van der Waals surface area contributed by atoms with Crippen LogP contribution in [-0.4, -0.2) is 18.2 Å². The Kier molecular flexibility index (Phi) is 5.61. The molecule has 0 bridgehead atoms. The molecule has 0 radical (unpaired) electrons. The maximum atomic E-state index is 5.88. The summed E-state index contributed by atoms with van der Waals surface area (Å²) in [7, 11) is 0. The highest BCUT2D eigenvalue weighted by atomic mass is 79.9. The largest absolute Gasteiger partial charge is 0.490 e. The van der Waals surface area contributed by atoms with Crippen LogP contribution in [0.1, 0.15) is 31.8 Å². The molecular formula is C15H19BrN2O2S. The maximum absolute atomic E-state index is 5.88. The number of rotatable bonds is 6. The molecule has 4 nitrogen and oxygen atoms in total. The van der Waals surface area contributed by atoms with E-state index in [4.69, 9.17) is 15.2 Å². The van der Waals surface area contributed by atoms with E-state index in [9.17, 15) is 0 Å². The van der Waals surface area contributed by atoms with E-state index in [1.54, 1.807) is 11.3 Å². The first-order chi connectivity index (χ1) is 10.1. The Hall–Kier alpha value is -1.11. The Morgan fingerprint density at radius 3 is 2.38 bits per heavy atom. The second-order valence-electron chi connectivity index (χ2n) is 4.50. The van der Waals surface area contributed by atoms with Gasteiger partial charge in [0.15, 0.2) is 11.5 Å². The van der Waals surface area contributed by atoms with E-state index in [-0.39, 0.29) is 6.04 Å². The zero-order valence-electron chi connectivity index (χ0n) is 12.4. The first kappa shape index (κ1) is 16.3. The van der Waals surface area contributed by atoms with Crippen LogP contribution in [0.15, 0.2) is 22.0 Å². The fraction of sp³-hybridized carbons (Fsp3) is 0.400. The van der Waals surface area contributed by atoms with Gasteiger partial charge in [0.1, 0.15) is 5.01 Å². The fourth-order valence-electron chi connectivity index (χ4n) is 1.89. The van der Waals surface area contributed by atoms with Crippen molar-refractivity contribution in [2.24, 2.45) is 5.73 Å². The van der Waals surface area contributed by atoms with E-state index in [0.717, 1.165) is 32.2 Å². The molecule has 1 aromatic carbocycles. The third-order valence-corrected chi connectivity index (χ3v) is 4.52. The van der Waals surface area contributed by atoms with Crippen molar-refractivity contribution in [3.8, 4) is 22.8 Å². The minimum Gasteiger partial charge on any atom is -0.490 e. The Morgan fingerprint density at radius 1 is 1.24 bits per heavy atom. The lowest BCUT2D eigenvalue weighted by molar-refractivity contribution is 0.287. The highest BCUT2D eigenvalue weighted by molar-refractivity contribution is 9.10. The zero-order valence-corrected chi connectivity index (χ0v) is 14.8. The van der Waals surface area contributed by atoms with Crippen LogP contribution in [0.5, 0.6) is 11.5 Å². The van der Waals surface area contributed by atoms with Gasteiger partial charge in [-0.3, -0.25) is 0 Å². The van der Waals surface area contributed by atoms with Gasteiger partial charge in [0.2, 0.25) is 0 Å². The van der Waals surface area contributed by atoms with Gasteiger partial charge in [0, 0.05) is 15.4 Å². The number of aromatic nitrogens is 1. The molecular weight excluding hydrogens is 352 g/mol. The predicted octanol–water partition coefficient (Wildman–Crippen LogP) is 4.39. The van der Waals surface area contributed by atoms with Crippen molar-refractivity contribution in [2.45, 2.75) is 26.8 Å². The van der Waals surface area contributed by atoms with Gasteiger partial charge in [-0.25, -0.2) is 4.98 Å². The van der Waals surface area contributed by atoms with E-state index >= 15 is 0 Å². The molecule has 0 saturated carbocycles. The summed E-state index contributed by atoms with van der Waals surface area (Å²) < 4.78 is 12.2. The Balaban J connectivity index is 2.44. The Bertz CT molecular complexity index is 614. The molecule has 1 aromatic heterocycles. The predicted molar refractivity (Wildman–Crippen MR) is 90.2 cm³/mol. The second kappa shape index (κ2) is 7.24. The highest BCUT2D eigenvalue weighted by Gasteiger charge is 2.15. The summed E-state index contributed by atoms with van der Waals surface area (Å²) in [6.07, 6.45) is 0. The zero-order chi connectivity index (χ0) is 15.4. The van der Waals surface area contributed by atoms with E-state index in [1.807, 2.05) is 38.3 Å². The molecule has 0 fully saturated rings. The van der Waals surface area contributed by atoms with Gasteiger partial charge < -0.3 is 15.2 Å². The van der Waals surface area contributed by atoms with Crippen LogP contribution in [0.4, 0.5) is 0 Å². The average molecular weight is 371 g/mol. The van der Waals surface area contributed by atoms with Crippen LogP contribution in [-0.2, 0) is 0 Å². The summed E-state index contributed by atoms with van der Waals surface area (Å²) in [5, 5.41) is 2.93. The molecule has 1 unspecified atom stereocenters. The van der Waals surface area contributed by atoms with Crippen LogP contribution in [0.2, 0.25) is 0 Å². The topological polar surface area (TPSA) is 57.4 Å². The first-order valence-electron chi connectivity index (χ1n) is 6.87. The highest BCUT2D eigenvalue weighted by Crippen LogP contribution is 2.39. The molecule has 0 aliphatic carbocycles. The summed E-state index contributed by atoms with van der Waals surface area (Å²) in [6.45, 7) is 7.02. The molecule has 21 heavy (non-hydrogen) atoms. The van der Waals surface area contributed by atoms with E-state index < -0.39 is 0 Å². The number of benzene rings is 1. The molecule has 0 aliphatic rings.